The second-order valence-electron chi connectivity index (χ2n) is 6.51. The molecule has 1 atom stereocenters. The molecule has 25 heavy (non-hydrogen) atoms. The second-order valence-corrected chi connectivity index (χ2v) is 6.51. The normalized spacial score (nSPS) is 12.6. The Morgan fingerprint density at radius 2 is 1.96 bits per heavy atom. The Balaban J connectivity index is 1.97. The minimum absolute atomic E-state index is 0.190. The molecule has 0 saturated carbocycles. The van der Waals surface area contributed by atoms with Gasteiger partial charge in [-0.05, 0) is 45.0 Å². The van der Waals surface area contributed by atoms with E-state index in [1.165, 1.54) is 0 Å². The maximum Gasteiger partial charge on any atom is 0.326 e. The predicted molar refractivity (Wildman–Crippen MR) is 90.6 cm³/mol. The van der Waals surface area contributed by atoms with Crippen LogP contribution < -0.4 is 5.32 Å². The van der Waals surface area contributed by atoms with Gasteiger partial charge in [-0.15, -0.1) is 5.10 Å². The molecule has 1 amide bonds. The molecule has 0 bridgehead atoms. The largest absolute Gasteiger partial charge is 0.480 e. The quantitative estimate of drug-likeness (QED) is 0.790. The number of rotatable bonds is 7. The molecule has 1 unspecified atom stereocenters. The topological polar surface area (TPSA) is 106 Å². The van der Waals surface area contributed by atoms with Crippen molar-refractivity contribution in [1.82, 2.24) is 20.3 Å². The van der Waals surface area contributed by atoms with Crippen LogP contribution >= 0.6 is 0 Å². The van der Waals surface area contributed by atoms with Crippen molar-refractivity contribution in [3.63, 3.8) is 0 Å². The lowest BCUT2D eigenvalue weighted by molar-refractivity contribution is -0.140. The Bertz CT molecular complexity index is 705. The van der Waals surface area contributed by atoms with Crippen LogP contribution in [-0.2, 0) is 9.53 Å². The van der Waals surface area contributed by atoms with E-state index in [2.05, 4.69) is 15.6 Å². The summed E-state index contributed by atoms with van der Waals surface area (Å²) in [5, 5.41) is 19.4. The molecule has 2 N–H and O–H groups in total. The predicted octanol–water partition coefficient (Wildman–Crippen LogP) is 1.66. The van der Waals surface area contributed by atoms with Gasteiger partial charge in [-0.3, -0.25) is 4.79 Å². The molecule has 8 nitrogen and oxygen atoms in total. The van der Waals surface area contributed by atoms with E-state index in [-0.39, 0.29) is 18.6 Å². The monoisotopic (exact) mass is 346 g/mol. The van der Waals surface area contributed by atoms with Crippen molar-refractivity contribution >= 4 is 11.9 Å². The second kappa shape index (κ2) is 7.89. The Kier molecular flexibility index (Phi) is 5.87. The zero-order chi connectivity index (χ0) is 18.4. The molecule has 0 saturated heterocycles. The molecule has 1 aromatic heterocycles. The molecule has 0 radical (unpaired) electrons. The average molecular weight is 346 g/mol. The SMILES string of the molecule is CC(C)(C)OCCC(NC(=O)c1ccc(-n2ccnn2)cc1)C(=O)O. The molecule has 2 aromatic rings. The highest BCUT2D eigenvalue weighted by Crippen LogP contribution is 2.10. The van der Waals surface area contributed by atoms with E-state index in [1.807, 2.05) is 20.8 Å². The number of ether oxygens (including phenoxy) is 1. The highest BCUT2D eigenvalue weighted by Gasteiger charge is 2.21. The minimum Gasteiger partial charge on any atom is -0.480 e. The van der Waals surface area contributed by atoms with Gasteiger partial charge in [0.2, 0.25) is 0 Å². The number of hydrogen-bond acceptors (Lipinski definition) is 5. The molecule has 0 spiro atoms. The molecule has 0 aliphatic rings. The van der Waals surface area contributed by atoms with Crippen LogP contribution in [0.15, 0.2) is 36.7 Å². The fourth-order valence-electron chi connectivity index (χ4n) is 2.09. The Morgan fingerprint density at radius 1 is 1.28 bits per heavy atom. The first-order valence-corrected chi connectivity index (χ1v) is 7.90. The van der Waals surface area contributed by atoms with Gasteiger partial charge in [-0.1, -0.05) is 5.21 Å². The van der Waals surface area contributed by atoms with Crippen LogP contribution in [0.4, 0.5) is 0 Å². The summed E-state index contributed by atoms with van der Waals surface area (Å²) in [6.07, 6.45) is 3.43. The zero-order valence-corrected chi connectivity index (χ0v) is 14.5. The third-order valence-corrected chi connectivity index (χ3v) is 3.36. The number of carboxylic acid groups (broad SMARTS) is 1. The first-order chi connectivity index (χ1) is 11.8. The molecule has 2 rings (SSSR count). The Labute approximate surface area is 145 Å². The number of carbonyl (C=O) groups is 2. The molecule has 1 aromatic carbocycles. The number of amides is 1. The van der Waals surface area contributed by atoms with E-state index >= 15 is 0 Å². The van der Waals surface area contributed by atoms with Crippen LogP contribution in [0.25, 0.3) is 5.69 Å². The van der Waals surface area contributed by atoms with Crippen molar-refractivity contribution in [3.8, 4) is 5.69 Å². The van der Waals surface area contributed by atoms with Gasteiger partial charge in [0, 0.05) is 18.6 Å². The van der Waals surface area contributed by atoms with Gasteiger partial charge >= 0.3 is 5.97 Å². The number of benzene rings is 1. The standard InChI is InChI=1S/C17H22N4O4/c1-17(2,3)25-11-8-14(16(23)24)19-15(22)12-4-6-13(7-5-12)21-10-9-18-20-21/h4-7,9-10,14H,8,11H2,1-3H3,(H,19,22)(H,23,24). The van der Waals surface area contributed by atoms with Crippen LogP contribution in [0.1, 0.15) is 37.6 Å². The van der Waals surface area contributed by atoms with Crippen molar-refractivity contribution in [2.45, 2.75) is 38.8 Å². The van der Waals surface area contributed by atoms with E-state index < -0.39 is 17.9 Å². The van der Waals surface area contributed by atoms with Crippen molar-refractivity contribution in [1.29, 1.82) is 0 Å². The van der Waals surface area contributed by atoms with Gasteiger partial charge in [-0.25, -0.2) is 9.48 Å². The van der Waals surface area contributed by atoms with Crippen molar-refractivity contribution in [2.75, 3.05) is 6.61 Å². The summed E-state index contributed by atoms with van der Waals surface area (Å²) in [5.74, 6) is -1.54. The summed E-state index contributed by atoms with van der Waals surface area (Å²) in [4.78, 5) is 23.6. The Hall–Kier alpha value is -2.74. The van der Waals surface area contributed by atoms with Gasteiger partial charge in [0.25, 0.3) is 5.91 Å². The first kappa shape index (κ1) is 18.6. The van der Waals surface area contributed by atoms with Gasteiger partial charge in [0.05, 0.1) is 23.7 Å². The van der Waals surface area contributed by atoms with E-state index in [0.29, 0.717) is 5.56 Å². The summed E-state index contributed by atoms with van der Waals surface area (Å²) in [5.41, 5.74) is 0.763. The molecule has 8 heteroatoms. The highest BCUT2D eigenvalue weighted by atomic mass is 16.5. The summed E-state index contributed by atoms with van der Waals surface area (Å²) in [6, 6.07) is 5.63. The fourth-order valence-corrected chi connectivity index (χ4v) is 2.09. The van der Waals surface area contributed by atoms with Crippen LogP contribution in [0.2, 0.25) is 0 Å². The molecule has 0 aliphatic carbocycles. The number of nitrogens with one attached hydrogen (secondary N) is 1. The van der Waals surface area contributed by atoms with E-state index in [1.54, 1.807) is 41.3 Å². The van der Waals surface area contributed by atoms with Crippen LogP contribution in [0.3, 0.4) is 0 Å². The number of carboxylic acids is 1. The van der Waals surface area contributed by atoms with E-state index in [4.69, 9.17) is 4.74 Å². The number of carbonyl (C=O) groups excluding carboxylic acids is 1. The van der Waals surface area contributed by atoms with Crippen LogP contribution in [-0.4, -0.2) is 50.2 Å². The molecule has 134 valence electrons. The summed E-state index contributed by atoms with van der Waals surface area (Å²) in [7, 11) is 0. The first-order valence-electron chi connectivity index (χ1n) is 7.90. The number of aliphatic carboxylic acids is 1. The zero-order valence-electron chi connectivity index (χ0n) is 14.5. The summed E-state index contributed by atoms with van der Waals surface area (Å²) in [6.45, 7) is 5.90. The minimum atomic E-state index is -1.09. The third kappa shape index (κ3) is 5.68. The smallest absolute Gasteiger partial charge is 0.326 e. The lowest BCUT2D eigenvalue weighted by Gasteiger charge is -2.21. The number of aromatic nitrogens is 3. The number of nitrogens with zero attached hydrogens (tertiary/aromatic N) is 3. The molecule has 0 fully saturated rings. The van der Waals surface area contributed by atoms with E-state index in [9.17, 15) is 14.7 Å². The summed E-state index contributed by atoms with van der Waals surface area (Å²) < 4.78 is 7.09. The van der Waals surface area contributed by atoms with E-state index in [0.717, 1.165) is 5.69 Å². The maximum atomic E-state index is 12.3. The van der Waals surface area contributed by atoms with Crippen LogP contribution in [0.5, 0.6) is 0 Å². The fraction of sp³-hybridized carbons (Fsp3) is 0.412. The third-order valence-electron chi connectivity index (χ3n) is 3.36. The van der Waals surface area contributed by atoms with Gasteiger partial charge in [-0.2, -0.15) is 0 Å². The molecule has 1 heterocycles. The Morgan fingerprint density at radius 3 is 2.48 bits per heavy atom. The maximum absolute atomic E-state index is 12.3. The lowest BCUT2D eigenvalue weighted by Crippen LogP contribution is -2.42. The summed E-state index contributed by atoms with van der Waals surface area (Å²) >= 11 is 0. The number of hydrogen-bond donors (Lipinski definition) is 2. The van der Waals surface area contributed by atoms with Gasteiger partial charge in [0.15, 0.2) is 0 Å². The average Bonchev–Trinajstić information content (AvgIpc) is 3.07. The van der Waals surface area contributed by atoms with Crippen LogP contribution in [0, 0.1) is 0 Å². The van der Waals surface area contributed by atoms with Gasteiger partial charge < -0.3 is 15.2 Å². The molecular formula is C17H22N4O4. The molecular weight excluding hydrogens is 324 g/mol. The van der Waals surface area contributed by atoms with Gasteiger partial charge in [0.1, 0.15) is 6.04 Å². The van der Waals surface area contributed by atoms with Crippen molar-refractivity contribution < 1.29 is 19.4 Å². The molecule has 0 aliphatic heterocycles. The van der Waals surface area contributed by atoms with Crippen molar-refractivity contribution in [2.24, 2.45) is 0 Å². The lowest BCUT2D eigenvalue weighted by atomic mass is 10.1. The van der Waals surface area contributed by atoms with Crippen molar-refractivity contribution in [3.05, 3.63) is 42.2 Å². The highest BCUT2D eigenvalue weighted by molar-refractivity contribution is 5.96.